The average molecular weight is 324 g/mol. The summed E-state index contributed by atoms with van der Waals surface area (Å²) in [6.45, 7) is 1.13. The van der Waals surface area contributed by atoms with Gasteiger partial charge in [-0.05, 0) is 30.3 Å². The lowest BCUT2D eigenvalue weighted by molar-refractivity contribution is -0.134. The molecule has 4 nitrogen and oxygen atoms in total. The fraction of sp³-hybridized carbons (Fsp3) is 0.211. The molecule has 4 rings (SSSR count). The summed E-state index contributed by atoms with van der Waals surface area (Å²) in [6.07, 6.45) is 0.739. The molecule has 0 saturated heterocycles. The molecule has 122 valence electrons. The Labute approximate surface area is 138 Å². The largest absolute Gasteiger partial charge is 0.484 e. The molecule has 1 aliphatic heterocycles. The molecule has 0 saturated carbocycles. The first-order chi connectivity index (χ1) is 11.7. The van der Waals surface area contributed by atoms with E-state index in [4.69, 9.17) is 4.74 Å². The minimum atomic E-state index is -0.264. The SMILES string of the molecule is O=C(COc1ccccc1)N1CCc2[nH]c3ccc(F)cc3c2C1. The van der Waals surface area contributed by atoms with E-state index in [0.717, 1.165) is 28.6 Å². The quantitative estimate of drug-likeness (QED) is 0.804. The van der Waals surface area contributed by atoms with E-state index >= 15 is 0 Å². The first kappa shape index (κ1) is 14.8. The van der Waals surface area contributed by atoms with E-state index in [-0.39, 0.29) is 18.3 Å². The van der Waals surface area contributed by atoms with Gasteiger partial charge in [0.2, 0.25) is 0 Å². The van der Waals surface area contributed by atoms with Crippen molar-refractivity contribution in [2.24, 2.45) is 0 Å². The molecule has 5 heteroatoms. The molecule has 0 radical (unpaired) electrons. The van der Waals surface area contributed by atoms with Crippen LogP contribution in [-0.2, 0) is 17.8 Å². The number of hydrogen-bond donors (Lipinski definition) is 1. The third-order valence-corrected chi connectivity index (χ3v) is 4.40. The Kier molecular flexibility index (Phi) is 3.69. The molecular formula is C19H17FN2O2. The zero-order chi connectivity index (χ0) is 16.5. The van der Waals surface area contributed by atoms with E-state index in [1.165, 1.54) is 12.1 Å². The van der Waals surface area contributed by atoms with Gasteiger partial charge in [-0.3, -0.25) is 4.79 Å². The molecule has 0 atom stereocenters. The summed E-state index contributed by atoms with van der Waals surface area (Å²) in [5.74, 6) is 0.355. The molecule has 0 bridgehead atoms. The monoisotopic (exact) mass is 324 g/mol. The molecule has 0 aliphatic carbocycles. The number of amides is 1. The van der Waals surface area contributed by atoms with Crippen LogP contribution < -0.4 is 4.74 Å². The molecule has 24 heavy (non-hydrogen) atoms. The lowest BCUT2D eigenvalue weighted by atomic mass is 10.0. The lowest BCUT2D eigenvalue weighted by Crippen LogP contribution is -2.38. The predicted molar refractivity (Wildman–Crippen MR) is 89.3 cm³/mol. The number of carbonyl (C=O) groups excluding carboxylic acids is 1. The highest BCUT2D eigenvalue weighted by Gasteiger charge is 2.24. The van der Waals surface area contributed by atoms with Gasteiger partial charge in [-0.1, -0.05) is 18.2 Å². The predicted octanol–water partition coefficient (Wildman–Crippen LogP) is 3.27. The number of rotatable bonds is 3. The zero-order valence-electron chi connectivity index (χ0n) is 13.1. The van der Waals surface area contributed by atoms with Crippen LogP contribution in [0.5, 0.6) is 5.75 Å². The van der Waals surface area contributed by atoms with E-state index in [1.54, 1.807) is 11.0 Å². The normalized spacial score (nSPS) is 13.8. The molecule has 2 aromatic carbocycles. The highest BCUT2D eigenvalue weighted by molar-refractivity contribution is 5.86. The lowest BCUT2D eigenvalue weighted by Gasteiger charge is -2.27. The van der Waals surface area contributed by atoms with Crippen LogP contribution in [0.15, 0.2) is 48.5 Å². The van der Waals surface area contributed by atoms with Crippen molar-refractivity contribution in [3.05, 3.63) is 65.6 Å². The summed E-state index contributed by atoms with van der Waals surface area (Å²) < 4.78 is 19.1. The topological polar surface area (TPSA) is 45.3 Å². The number of ether oxygens (including phenoxy) is 1. The Morgan fingerprint density at radius 3 is 2.88 bits per heavy atom. The number of benzene rings is 2. The standard InChI is InChI=1S/C19H17FN2O2/c20-13-6-7-17-15(10-13)16-11-22(9-8-18(16)21-17)19(23)12-24-14-4-2-1-3-5-14/h1-7,10,21H,8-9,11-12H2. The van der Waals surface area contributed by atoms with E-state index in [2.05, 4.69) is 4.98 Å². The molecule has 1 aliphatic rings. The Bertz CT molecular complexity index is 889. The highest BCUT2D eigenvalue weighted by atomic mass is 19.1. The second-order valence-electron chi connectivity index (χ2n) is 5.94. The molecule has 2 heterocycles. The van der Waals surface area contributed by atoms with Crippen molar-refractivity contribution in [1.82, 2.24) is 9.88 Å². The minimum Gasteiger partial charge on any atom is -0.484 e. The van der Waals surface area contributed by atoms with Gasteiger partial charge in [0.1, 0.15) is 11.6 Å². The van der Waals surface area contributed by atoms with Crippen molar-refractivity contribution >= 4 is 16.8 Å². The number of aromatic nitrogens is 1. The van der Waals surface area contributed by atoms with Gasteiger partial charge in [0, 0.05) is 41.7 Å². The Morgan fingerprint density at radius 1 is 1.21 bits per heavy atom. The van der Waals surface area contributed by atoms with E-state index in [1.807, 2.05) is 30.3 Å². The Balaban J connectivity index is 1.50. The van der Waals surface area contributed by atoms with Crippen LogP contribution in [0.25, 0.3) is 10.9 Å². The molecule has 1 aromatic heterocycles. The van der Waals surface area contributed by atoms with Gasteiger partial charge in [0.25, 0.3) is 5.91 Å². The van der Waals surface area contributed by atoms with Crippen molar-refractivity contribution in [3.63, 3.8) is 0 Å². The zero-order valence-corrected chi connectivity index (χ0v) is 13.1. The maximum Gasteiger partial charge on any atom is 0.260 e. The fourth-order valence-corrected chi connectivity index (χ4v) is 3.15. The highest BCUT2D eigenvalue weighted by Crippen LogP contribution is 2.28. The number of nitrogens with one attached hydrogen (secondary N) is 1. The molecule has 1 N–H and O–H groups in total. The summed E-state index contributed by atoms with van der Waals surface area (Å²) in [6, 6.07) is 14.0. The number of aromatic amines is 1. The molecule has 0 spiro atoms. The summed E-state index contributed by atoms with van der Waals surface area (Å²) in [5, 5.41) is 0.853. The van der Waals surface area contributed by atoms with Crippen molar-refractivity contribution in [1.29, 1.82) is 0 Å². The van der Waals surface area contributed by atoms with Crippen molar-refractivity contribution in [2.45, 2.75) is 13.0 Å². The van der Waals surface area contributed by atoms with Crippen LogP contribution in [0, 0.1) is 5.82 Å². The van der Waals surface area contributed by atoms with Crippen LogP contribution in [0.1, 0.15) is 11.3 Å². The molecular weight excluding hydrogens is 307 g/mol. The Morgan fingerprint density at radius 2 is 2.04 bits per heavy atom. The number of fused-ring (bicyclic) bond motifs is 3. The van der Waals surface area contributed by atoms with Gasteiger partial charge in [-0.25, -0.2) is 4.39 Å². The van der Waals surface area contributed by atoms with Crippen LogP contribution in [-0.4, -0.2) is 28.9 Å². The summed E-state index contributed by atoms with van der Waals surface area (Å²) in [5.41, 5.74) is 3.00. The van der Waals surface area contributed by atoms with Crippen LogP contribution in [0.2, 0.25) is 0 Å². The molecule has 1 amide bonds. The fourth-order valence-electron chi connectivity index (χ4n) is 3.15. The van der Waals surface area contributed by atoms with Crippen molar-refractivity contribution < 1.29 is 13.9 Å². The van der Waals surface area contributed by atoms with Gasteiger partial charge in [0.15, 0.2) is 6.61 Å². The van der Waals surface area contributed by atoms with E-state index in [9.17, 15) is 9.18 Å². The van der Waals surface area contributed by atoms with Crippen molar-refractivity contribution in [2.75, 3.05) is 13.2 Å². The van der Waals surface area contributed by atoms with E-state index in [0.29, 0.717) is 18.8 Å². The Hall–Kier alpha value is -2.82. The number of H-pyrrole nitrogens is 1. The average Bonchev–Trinajstić information content (AvgIpc) is 2.97. The smallest absolute Gasteiger partial charge is 0.260 e. The number of carbonyl (C=O) groups is 1. The van der Waals surface area contributed by atoms with Gasteiger partial charge >= 0.3 is 0 Å². The molecule has 3 aromatic rings. The third-order valence-electron chi connectivity index (χ3n) is 4.40. The number of halogens is 1. The number of nitrogens with zero attached hydrogens (tertiary/aromatic N) is 1. The summed E-state index contributed by atoms with van der Waals surface area (Å²) in [7, 11) is 0. The second kappa shape index (κ2) is 6.00. The van der Waals surface area contributed by atoms with Crippen LogP contribution in [0.4, 0.5) is 4.39 Å². The van der Waals surface area contributed by atoms with Gasteiger partial charge in [-0.15, -0.1) is 0 Å². The summed E-state index contributed by atoms with van der Waals surface area (Å²) in [4.78, 5) is 17.5. The van der Waals surface area contributed by atoms with Gasteiger partial charge in [-0.2, -0.15) is 0 Å². The molecule has 0 fully saturated rings. The first-order valence-corrected chi connectivity index (χ1v) is 7.95. The number of para-hydroxylation sites is 1. The van der Waals surface area contributed by atoms with Gasteiger partial charge in [0.05, 0.1) is 0 Å². The third kappa shape index (κ3) is 2.73. The van der Waals surface area contributed by atoms with Crippen molar-refractivity contribution in [3.8, 4) is 5.75 Å². The van der Waals surface area contributed by atoms with Crippen LogP contribution >= 0.6 is 0 Å². The first-order valence-electron chi connectivity index (χ1n) is 7.95. The van der Waals surface area contributed by atoms with Crippen LogP contribution in [0.3, 0.4) is 0 Å². The van der Waals surface area contributed by atoms with E-state index < -0.39 is 0 Å². The minimum absolute atomic E-state index is 0.00998. The second-order valence-corrected chi connectivity index (χ2v) is 5.94. The number of hydrogen-bond acceptors (Lipinski definition) is 2. The van der Waals surface area contributed by atoms with Gasteiger partial charge < -0.3 is 14.6 Å². The summed E-state index contributed by atoms with van der Waals surface area (Å²) >= 11 is 0. The maximum absolute atomic E-state index is 13.5. The maximum atomic E-state index is 13.5. The molecule has 0 unspecified atom stereocenters.